The lowest BCUT2D eigenvalue weighted by atomic mass is 9.76. The van der Waals surface area contributed by atoms with E-state index in [1.807, 2.05) is 13.8 Å². The maximum atomic E-state index is 9.01. The maximum Gasteiger partial charge on any atom is 0.0512 e. The minimum Gasteiger partial charge on any atom is -0.396 e. The van der Waals surface area contributed by atoms with E-state index in [4.69, 9.17) is 15.3 Å². The molecule has 0 radical (unpaired) electrons. The summed E-state index contributed by atoms with van der Waals surface area (Å²) in [6.45, 7) is 3.60. The first-order chi connectivity index (χ1) is 5.16. The van der Waals surface area contributed by atoms with Gasteiger partial charge < -0.3 is 15.3 Å². The molecule has 0 aromatic rings. The Morgan fingerprint density at radius 1 is 1.18 bits per heavy atom. The van der Waals surface area contributed by atoms with E-state index >= 15 is 0 Å². The molecule has 0 saturated heterocycles. The quantitative estimate of drug-likeness (QED) is 0.533. The molecule has 0 rings (SSSR count). The molecule has 3 nitrogen and oxygen atoms in total. The molecule has 1 atom stereocenters. The highest BCUT2D eigenvalue weighted by Gasteiger charge is 2.32. The Balaban J connectivity index is 4.26. The highest BCUT2D eigenvalue weighted by atomic mass is 16.3. The fraction of sp³-hybridized carbons (Fsp3) is 1.00. The highest BCUT2D eigenvalue weighted by molar-refractivity contribution is 4.81. The summed E-state index contributed by atoms with van der Waals surface area (Å²) >= 11 is 0. The zero-order chi connectivity index (χ0) is 8.91. The van der Waals surface area contributed by atoms with Crippen LogP contribution in [0.1, 0.15) is 20.3 Å². The molecule has 0 aliphatic rings. The Kier molecular flexibility index (Phi) is 4.65. The Hall–Kier alpha value is -0.120. The molecule has 0 aromatic heterocycles. The van der Waals surface area contributed by atoms with Gasteiger partial charge in [-0.1, -0.05) is 13.8 Å². The van der Waals surface area contributed by atoms with Gasteiger partial charge in [0.1, 0.15) is 0 Å². The Bertz CT molecular complexity index is 91.2. The van der Waals surface area contributed by atoms with Gasteiger partial charge in [0.2, 0.25) is 0 Å². The van der Waals surface area contributed by atoms with E-state index in [0.717, 1.165) is 0 Å². The summed E-state index contributed by atoms with van der Waals surface area (Å²) in [5.41, 5.74) is -0.505. The number of aliphatic hydroxyl groups is 3. The lowest BCUT2D eigenvalue weighted by molar-refractivity contribution is -0.0137. The van der Waals surface area contributed by atoms with E-state index in [1.165, 1.54) is 0 Å². The van der Waals surface area contributed by atoms with Crippen molar-refractivity contribution < 1.29 is 15.3 Å². The predicted octanol–water partition coefficient (Wildman–Crippen LogP) is -0.00420. The van der Waals surface area contributed by atoms with Crippen LogP contribution in [0, 0.1) is 11.3 Å². The maximum absolute atomic E-state index is 9.01. The molecule has 3 N–H and O–H groups in total. The smallest absolute Gasteiger partial charge is 0.0512 e. The molecule has 0 amide bonds. The van der Waals surface area contributed by atoms with Crippen LogP contribution in [0.2, 0.25) is 0 Å². The summed E-state index contributed by atoms with van der Waals surface area (Å²) in [5.74, 6) is -0.0532. The highest BCUT2D eigenvalue weighted by Crippen LogP contribution is 2.29. The SMILES string of the molecule is CCC(CO)(CO)C(C)CO. The predicted molar refractivity (Wildman–Crippen MR) is 43.1 cm³/mol. The normalized spacial score (nSPS) is 15.0. The standard InChI is InChI=1S/C8H18O3/c1-3-8(5-10,6-11)7(2)4-9/h7,9-11H,3-6H2,1-2H3. The van der Waals surface area contributed by atoms with E-state index in [0.29, 0.717) is 6.42 Å². The molecule has 1 unspecified atom stereocenters. The first kappa shape index (κ1) is 10.9. The van der Waals surface area contributed by atoms with Crippen LogP contribution < -0.4 is 0 Å². The van der Waals surface area contributed by atoms with E-state index < -0.39 is 5.41 Å². The molecule has 0 aliphatic heterocycles. The van der Waals surface area contributed by atoms with Gasteiger partial charge in [0, 0.05) is 12.0 Å². The van der Waals surface area contributed by atoms with E-state index in [2.05, 4.69) is 0 Å². The molecule has 0 heterocycles. The van der Waals surface area contributed by atoms with Crippen molar-refractivity contribution in [3.05, 3.63) is 0 Å². The van der Waals surface area contributed by atoms with Crippen molar-refractivity contribution in [1.82, 2.24) is 0 Å². The van der Waals surface area contributed by atoms with Gasteiger partial charge in [-0.15, -0.1) is 0 Å². The van der Waals surface area contributed by atoms with Gasteiger partial charge in [0.25, 0.3) is 0 Å². The Morgan fingerprint density at radius 2 is 1.64 bits per heavy atom. The first-order valence-electron chi connectivity index (χ1n) is 3.99. The van der Waals surface area contributed by atoms with Gasteiger partial charge in [0.15, 0.2) is 0 Å². The molecule has 0 spiro atoms. The number of hydrogen-bond acceptors (Lipinski definition) is 3. The van der Waals surface area contributed by atoms with Crippen molar-refractivity contribution in [2.75, 3.05) is 19.8 Å². The van der Waals surface area contributed by atoms with Crippen LogP contribution >= 0.6 is 0 Å². The summed E-state index contributed by atoms with van der Waals surface area (Å²) < 4.78 is 0. The van der Waals surface area contributed by atoms with Crippen LogP contribution in [0.5, 0.6) is 0 Å². The molecule has 0 fully saturated rings. The Labute approximate surface area is 67.7 Å². The zero-order valence-corrected chi connectivity index (χ0v) is 7.25. The third kappa shape index (κ3) is 2.15. The molecule has 3 heteroatoms. The van der Waals surface area contributed by atoms with Crippen molar-refractivity contribution in [3.8, 4) is 0 Å². The second-order valence-corrected chi connectivity index (χ2v) is 3.12. The lowest BCUT2D eigenvalue weighted by Gasteiger charge is -2.33. The minimum atomic E-state index is -0.505. The molecule has 0 aromatic carbocycles. The van der Waals surface area contributed by atoms with Crippen molar-refractivity contribution in [1.29, 1.82) is 0 Å². The van der Waals surface area contributed by atoms with E-state index in [1.54, 1.807) is 0 Å². The monoisotopic (exact) mass is 162 g/mol. The second-order valence-electron chi connectivity index (χ2n) is 3.12. The van der Waals surface area contributed by atoms with E-state index in [-0.39, 0.29) is 25.7 Å². The molecule has 0 saturated carbocycles. The average Bonchev–Trinajstić information content (AvgIpc) is 2.08. The van der Waals surface area contributed by atoms with Crippen LogP contribution in [0.25, 0.3) is 0 Å². The van der Waals surface area contributed by atoms with Gasteiger partial charge in [-0.2, -0.15) is 0 Å². The van der Waals surface area contributed by atoms with Crippen molar-refractivity contribution in [2.45, 2.75) is 20.3 Å². The lowest BCUT2D eigenvalue weighted by Crippen LogP contribution is -2.37. The zero-order valence-electron chi connectivity index (χ0n) is 7.25. The number of hydrogen-bond donors (Lipinski definition) is 3. The largest absolute Gasteiger partial charge is 0.396 e. The topological polar surface area (TPSA) is 60.7 Å². The second kappa shape index (κ2) is 4.70. The summed E-state index contributed by atoms with van der Waals surface area (Å²) in [6.07, 6.45) is 0.682. The summed E-state index contributed by atoms with van der Waals surface area (Å²) in [7, 11) is 0. The minimum absolute atomic E-state index is 0.00889. The average molecular weight is 162 g/mol. The van der Waals surface area contributed by atoms with Crippen LogP contribution in [-0.2, 0) is 0 Å². The van der Waals surface area contributed by atoms with Gasteiger partial charge in [-0.3, -0.25) is 0 Å². The fourth-order valence-corrected chi connectivity index (χ4v) is 1.13. The van der Waals surface area contributed by atoms with E-state index in [9.17, 15) is 0 Å². The molecule has 11 heavy (non-hydrogen) atoms. The van der Waals surface area contributed by atoms with Crippen LogP contribution in [0.15, 0.2) is 0 Å². The third-order valence-electron chi connectivity index (χ3n) is 2.65. The number of aliphatic hydroxyl groups excluding tert-OH is 3. The molecular weight excluding hydrogens is 144 g/mol. The summed E-state index contributed by atoms with van der Waals surface area (Å²) in [6, 6.07) is 0. The van der Waals surface area contributed by atoms with Crippen LogP contribution in [-0.4, -0.2) is 35.1 Å². The molecule has 0 aliphatic carbocycles. The molecule has 0 bridgehead atoms. The van der Waals surface area contributed by atoms with Crippen LogP contribution in [0.4, 0.5) is 0 Å². The van der Waals surface area contributed by atoms with Gasteiger partial charge in [-0.25, -0.2) is 0 Å². The molecule has 68 valence electrons. The van der Waals surface area contributed by atoms with Gasteiger partial charge in [0.05, 0.1) is 13.2 Å². The third-order valence-corrected chi connectivity index (χ3v) is 2.65. The Morgan fingerprint density at radius 3 is 1.73 bits per heavy atom. The van der Waals surface area contributed by atoms with Crippen LogP contribution in [0.3, 0.4) is 0 Å². The number of rotatable bonds is 5. The van der Waals surface area contributed by atoms with Gasteiger partial charge >= 0.3 is 0 Å². The van der Waals surface area contributed by atoms with Crippen molar-refractivity contribution in [2.24, 2.45) is 11.3 Å². The van der Waals surface area contributed by atoms with Crippen molar-refractivity contribution in [3.63, 3.8) is 0 Å². The van der Waals surface area contributed by atoms with Gasteiger partial charge in [-0.05, 0) is 12.3 Å². The van der Waals surface area contributed by atoms with Crippen molar-refractivity contribution >= 4 is 0 Å². The summed E-state index contributed by atoms with van der Waals surface area (Å²) in [5, 5.41) is 26.9. The first-order valence-corrected chi connectivity index (χ1v) is 3.99. The fourth-order valence-electron chi connectivity index (χ4n) is 1.13. The molecular formula is C8H18O3. The summed E-state index contributed by atoms with van der Waals surface area (Å²) in [4.78, 5) is 0.